The van der Waals surface area contributed by atoms with Gasteiger partial charge in [0.2, 0.25) is 0 Å². The summed E-state index contributed by atoms with van der Waals surface area (Å²) >= 11 is 0. The molecule has 0 saturated heterocycles. The van der Waals surface area contributed by atoms with E-state index < -0.39 is 0 Å². The third-order valence-corrected chi connectivity index (χ3v) is 3.18. The van der Waals surface area contributed by atoms with Crippen LogP contribution in [0.4, 0.5) is 0 Å². The lowest BCUT2D eigenvalue weighted by atomic mass is 9.73. The minimum Gasteiger partial charge on any atom is -0.328 e. The van der Waals surface area contributed by atoms with E-state index in [-0.39, 0.29) is 0 Å². The van der Waals surface area contributed by atoms with E-state index in [4.69, 9.17) is 5.73 Å². The first-order valence-electron chi connectivity index (χ1n) is 4.78. The fraction of sp³-hybridized carbons (Fsp3) is 0.800. The molecule has 1 unspecified atom stereocenters. The highest BCUT2D eigenvalue weighted by Gasteiger charge is 2.27. The van der Waals surface area contributed by atoms with Crippen LogP contribution in [0.3, 0.4) is 0 Å². The topological polar surface area (TPSA) is 26.0 Å². The minimum absolute atomic E-state index is 0.485. The third kappa shape index (κ3) is 1.48. The summed E-state index contributed by atoms with van der Waals surface area (Å²) in [6.07, 6.45) is 11.3. The second kappa shape index (κ2) is 2.98. The van der Waals surface area contributed by atoms with Gasteiger partial charge < -0.3 is 5.73 Å². The highest BCUT2D eigenvalue weighted by molar-refractivity contribution is 5.00. The fourth-order valence-corrected chi connectivity index (χ4v) is 2.48. The molecule has 1 saturated carbocycles. The first-order valence-corrected chi connectivity index (χ1v) is 4.78. The summed E-state index contributed by atoms with van der Waals surface area (Å²) < 4.78 is 0. The van der Waals surface area contributed by atoms with Crippen molar-refractivity contribution in [2.75, 3.05) is 0 Å². The van der Waals surface area contributed by atoms with Crippen LogP contribution in [0.1, 0.15) is 32.1 Å². The smallest absolute Gasteiger partial charge is 0.00446 e. The highest BCUT2D eigenvalue weighted by Crippen LogP contribution is 2.36. The van der Waals surface area contributed by atoms with Gasteiger partial charge in [0.15, 0.2) is 0 Å². The molecular formula is C10H17N. The Kier molecular flexibility index (Phi) is 1.99. The quantitative estimate of drug-likeness (QED) is 0.527. The van der Waals surface area contributed by atoms with Crippen LogP contribution in [0.5, 0.6) is 0 Å². The van der Waals surface area contributed by atoms with Gasteiger partial charge in [0.25, 0.3) is 0 Å². The SMILES string of the molecule is N[C@H]1CCC2CCC=C[C@H]2C1. The summed E-state index contributed by atoms with van der Waals surface area (Å²) in [7, 11) is 0. The Balaban J connectivity index is 2.03. The Bertz CT molecular complexity index is 162. The van der Waals surface area contributed by atoms with Crippen molar-refractivity contribution in [2.24, 2.45) is 17.6 Å². The van der Waals surface area contributed by atoms with Crippen LogP contribution in [0.25, 0.3) is 0 Å². The molecule has 2 aliphatic rings. The van der Waals surface area contributed by atoms with Crippen molar-refractivity contribution in [2.45, 2.75) is 38.1 Å². The van der Waals surface area contributed by atoms with Crippen molar-refractivity contribution < 1.29 is 0 Å². The molecule has 3 atom stereocenters. The minimum atomic E-state index is 0.485. The van der Waals surface area contributed by atoms with Crippen molar-refractivity contribution in [1.29, 1.82) is 0 Å². The summed E-state index contributed by atoms with van der Waals surface area (Å²) in [5.74, 6) is 1.80. The van der Waals surface area contributed by atoms with Crippen LogP contribution in [-0.4, -0.2) is 6.04 Å². The summed E-state index contributed by atoms with van der Waals surface area (Å²) in [5, 5.41) is 0. The normalized spacial score (nSPS) is 43.5. The molecule has 0 amide bonds. The zero-order chi connectivity index (χ0) is 7.68. The first kappa shape index (κ1) is 7.35. The number of rotatable bonds is 0. The molecule has 62 valence electrons. The maximum Gasteiger partial charge on any atom is 0.00446 e. The van der Waals surface area contributed by atoms with Gasteiger partial charge in [-0.05, 0) is 43.9 Å². The fourth-order valence-electron chi connectivity index (χ4n) is 2.48. The number of allylic oxidation sites excluding steroid dienone is 2. The molecule has 11 heavy (non-hydrogen) atoms. The van der Waals surface area contributed by atoms with E-state index in [1.807, 2.05) is 0 Å². The Hall–Kier alpha value is -0.300. The first-order chi connectivity index (χ1) is 5.36. The molecule has 2 aliphatic carbocycles. The van der Waals surface area contributed by atoms with Gasteiger partial charge in [-0.1, -0.05) is 12.2 Å². The molecule has 0 aromatic carbocycles. The molecule has 0 heterocycles. The van der Waals surface area contributed by atoms with E-state index in [9.17, 15) is 0 Å². The molecule has 2 rings (SSSR count). The standard InChI is InChI=1S/C10H17N/c11-10-6-5-8-3-1-2-4-9(8)7-10/h2,4,8-10H,1,3,5-7,11H2/t8?,9-,10-/m0/s1. The van der Waals surface area contributed by atoms with E-state index in [0.717, 1.165) is 11.8 Å². The molecule has 0 radical (unpaired) electrons. The number of fused-ring (bicyclic) bond motifs is 1. The molecule has 0 aromatic heterocycles. The van der Waals surface area contributed by atoms with Crippen LogP contribution in [0, 0.1) is 11.8 Å². The van der Waals surface area contributed by atoms with Gasteiger partial charge in [0.05, 0.1) is 0 Å². The monoisotopic (exact) mass is 151 g/mol. The average Bonchev–Trinajstić information content (AvgIpc) is 2.04. The zero-order valence-corrected chi connectivity index (χ0v) is 7.00. The van der Waals surface area contributed by atoms with E-state index in [2.05, 4.69) is 12.2 Å². The summed E-state index contributed by atoms with van der Waals surface area (Å²) in [6, 6.07) is 0.485. The van der Waals surface area contributed by atoms with Gasteiger partial charge in [-0.3, -0.25) is 0 Å². The van der Waals surface area contributed by atoms with Crippen molar-refractivity contribution >= 4 is 0 Å². The lowest BCUT2D eigenvalue weighted by molar-refractivity contribution is 0.237. The number of nitrogens with two attached hydrogens (primary N) is 1. The Labute approximate surface area is 68.7 Å². The Morgan fingerprint density at radius 1 is 1.18 bits per heavy atom. The van der Waals surface area contributed by atoms with E-state index >= 15 is 0 Å². The van der Waals surface area contributed by atoms with Crippen LogP contribution in [-0.2, 0) is 0 Å². The summed E-state index contributed by atoms with van der Waals surface area (Å²) in [6.45, 7) is 0. The third-order valence-electron chi connectivity index (χ3n) is 3.18. The van der Waals surface area contributed by atoms with Crippen molar-refractivity contribution in [1.82, 2.24) is 0 Å². The van der Waals surface area contributed by atoms with Crippen LogP contribution >= 0.6 is 0 Å². The molecular weight excluding hydrogens is 134 g/mol. The van der Waals surface area contributed by atoms with Gasteiger partial charge in [0.1, 0.15) is 0 Å². The van der Waals surface area contributed by atoms with Gasteiger partial charge >= 0.3 is 0 Å². The van der Waals surface area contributed by atoms with Gasteiger partial charge in [-0.2, -0.15) is 0 Å². The molecule has 1 nitrogen and oxygen atoms in total. The molecule has 0 aliphatic heterocycles. The van der Waals surface area contributed by atoms with Gasteiger partial charge in [-0.15, -0.1) is 0 Å². The molecule has 1 fully saturated rings. The second-order valence-corrected chi connectivity index (χ2v) is 4.00. The highest BCUT2D eigenvalue weighted by atomic mass is 14.6. The predicted octanol–water partition coefficient (Wildman–Crippen LogP) is 2.08. The molecule has 0 bridgehead atoms. The molecule has 0 aromatic rings. The van der Waals surface area contributed by atoms with Gasteiger partial charge in [-0.25, -0.2) is 0 Å². The molecule has 2 N–H and O–H groups in total. The average molecular weight is 151 g/mol. The van der Waals surface area contributed by atoms with E-state index in [0.29, 0.717) is 6.04 Å². The summed E-state index contributed by atoms with van der Waals surface area (Å²) in [4.78, 5) is 0. The van der Waals surface area contributed by atoms with E-state index in [1.165, 1.54) is 32.1 Å². The van der Waals surface area contributed by atoms with Crippen LogP contribution in [0.2, 0.25) is 0 Å². The maximum atomic E-state index is 5.91. The van der Waals surface area contributed by atoms with E-state index in [1.54, 1.807) is 0 Å². The van der Waals surface area contributed by atoms with Gasteiger partial charge in [0, 0.05) is 6.04 Å². The predicted molar refractivity (Wildman–Crippen MR) is 47.2 cm³/mol. The second-order valence-electron chi connectivity index (χ2n) is 4.00. The Morgan fingerprint density at radius 3 is 3.00 bits per heavy atom. The molecule has 1 heteroatoms. The lowest BCUT2D eigenvalue weighted by Crippen LogP contribution is -2.33. The number of hydrogen-bond donors (Lipinski definition) is 1. The molecule has 0 spiro atoms. The van der Waals surface area contributed by atoms with Crippen LogP contribution in [0.15, 0.2) is 12.2 Å². The largest absolute Gasteiger partial charge is 0.328 e. The van der Waals surface area contributed by atoms with Crippen molar-refractivity contribution in [3.8, 4) is 0 Å². The summed E-state index contributed by atoms with van der Waals surface area (Å²) in [5.41, 5.74) is 5.91. The van der Waals surface area contributed by atoms with Crippen LogP contribution < -0.4 is 5.73 Å². The zero-order valence-electron chi connectivity index (χ0n) is 7.00. The van der Waals surface area contributed by atoms with Crippen molar-refractivity contribution in [3.63, 3.8) is 0 Å². The van der Waals surface area contributed by atoms with Crippen molar-refractivity contribution in [3.05, 3.63) is 12.2 Å². The Morgan fingerprint density at radius 2 is 2.09 bits per heavy atom. The maximum absolute atomic E-state index is 5.91. The number of hydrogen-bond acceptors (Lipinski definition) is 1. The lowest BCUT2D eigenvalue weighted by Gasteiger charge is -2.35.